The highest BCUT2D eigenvalue weighted by Crippen LogP contribution is 2.20. The van der Waals surface area contributed by atoms with Gasteiger partial charge in [-0.2, -0.15) is 0 Å². The van der Waals surface area contributed by atoms with Crippen LogP contribution in [0.1, 0.15) is 22.8 Å². The Morgan fingerprint density at radius 1 is 1.00 bits per heavy atom. The Labute approximate surface area is 113 Å². The van der Waals surface area contributed by atoms with Gasteiger partial charge in [-0.25, -0.2) is 4.79 Å². The molecule has 19 heavy (non-hydrogen) atoms. The van der Waals surface area contributed by atoms with Crippen molar-refractivity contribution in [1.82, 2.24) is 0 Å². The van der Waals surface area contributed by atoms with Gasteiger partial charge >= 0.3 is 5.97 Å². The van der Waals surface area contributed by atoms with Gasteiger partial charge in [0.1, 0.15) is 0 Å². The zero-order chi connectivity index (χ0) is 13.7. The first-order chi connectivity index (χ1) is 9.24. The van der Waals surface area contributed by atoms with Crippen LogP contribution in [0.25, 0.3) is 11.1 Å². The van der Waals surface area contributed by atoms with Crippen molar-refractivity contribution in [3.63, 3.8) is 0 Å². The molecule has 3 nitrogen and oxygen atoms in total. The fourth-order valence-electron chi connectivity index (χ4n) is 1.85. The Bertz CT molecular complexity index is 544. The Balaban J connectivity index is 2.19. The molecule has 0 aliphatic heterocycles. The van der Waals surface area contributed by atoms with Crippen molar-refractivity contribution in [2.45, 2.75) is 13.5 Å². The molecule has 0 heterocycles. The summed E-state index contributed by atoms with van der Waals surface area (Å²) in [5.41, 5.74) is 9.42. The van der Waals surface area contributed by atoms with Gasteiger partial charge in [0.2, 0.25) is 0 Å². The molecule has 0 aromatic heterocycles. The monoisotopic (exact) mass is 255 g/mol. The molecule has 3 heteroatoms. The number of carbonyl (C=O) groups is 1. The molecule has 2 N–H and O–H groups in total. The Morgan fingerprint density at radius 3 is 2.00 bits per heavy atom. The summed E-state index contributed by atoms with van der Waals surface area (Å²) < 4.78 is 4.95. The summed E-state index contributed by atoms with van der Waals surface area (Å²) >= 11 is 0. The average molecular weight is 255 g/mol. The largest absolute Gasteiger partial charge is 0.462 e. The third-order valence-corrected chi connectivity index (χ3v) is 2.92. The molecule has 0 aliphatic carbocycles. The zero-order valence-electron chi connectivity index (χ0n) is 10.9. The molecule has 0 aliphatic rings. The van der Waals surface area contributed by atoms with Crippen LogP contribution < -0.4 is 5.73 Å². The van der Waals surface area contributed by atoms with E-state index in [2.05, 4.69) is 0 Å². The van der Waals surface area contributed by atoms with Crippen molar-refractivity contribution in [1.29, 1.82) is 0 Å². The Kier molecular flexibility index (Phi) is 4.31. The first-order valence-electron chi connectivity index (χ1n) is 6.31. The number of ether oxygens (including phenoxy) is 1. The molecule has 0 unspecified atom stereocenters. The Morgan fingerprint density at radius 2 is 1.53 bits per heavy atom. The second-order valence-corrected chi connectivity index (χ2v) is 4.20. The van der Waals surface area contributed by atoms with Crippen molar-refractivity contribution >= 4 is 5.97 Å². The minimum atomic E-state index is -0.285. The van der Waals surface area contributed by atoms with Crippen LogP contribution in [0.15, 0.2) is 48.5 Å². The second-order valence-electron chi connectivity index (χ2n) is 4.20. The van der Waals surface area contributed by atoms with Gasteiger partial charge < -0.3 is 10.5 Å². The summed E-state index contributed by atoms with van der Waals surface area (Å²) in [6.45, 7) is 2.73. The van der Waals surface area contributed by atoms with E-state index in [1.807, 2.05) is 36.4 Å². The number of benzene rings is 2. The first kappa shape index (κ1) is 13.3. The number of carbonyl (C=O) groups excluding carboxylic acids is 1. The summed E-state index contributed by atoms with van der Waals surface area (Å²) in [7, 11) is 0. The van der Waals surface area contributed by atoms with E-state index < -0.39 is 0 Å². The minimum absolute atomic E-state index is 0.285. The maximum Gasteiger partial charge on any atom is 0.338 e. The Hall–Kier alpha value is -2.13. The van der Waals surface area contributed by atoms with E-state index >= 15 is 0 Å². The topological polar surface area (TPSA) is 52.3 Å². The predicted molar refractivity (Wildman–Crippen MR) is 75.7 cm³/mol. The highest BCUT2D eigenvalue weighted by atomic mass is 16.5. The van der Waals surface area contributed by atoms with E-state index in [4.69, 9.17) is 10.5 Å². The second kappa shape index (κ2) is 6.16. The number of nitrogens with two attached hydrogens (primary N) is 1. The lowest BCUT2D eigenvalue weighted by molar-refractivity contribution is 0.0526. The molecule has 0 radical (unpaired) electrons. The summed E-state index contributed by atoms with van der Waals surface area (Å²) in [5.74, 6) is -0.285. The molecular weight excluding hydrogens is 238 g/mol. The van der Waals surface area contributed by atoms with Crippen LogP contribution in [0.5, 0.6) is 0 Å². The molecule has 0 amide bonds. The third kappa shape index (κ3) is 3.20. The van der Waals surface area contributed by atoms with E-state index in [0.717, 1.165) is 16.7 Å². The predicted octanol–water partition coefficient (Wildman–Crippen LogP) is 2.99. The van der Waals surface area contributed by atoms with E-state index in [9.17, 15) is 4.79 Å². The van der Waals surface area contributed by atoms with Crippen LogP contribution in [0.4, 0.5) is 0 Å². The molecule has 0 atom stereocenters. The van der Waals surface area contributed by atoms with Gasteiger partial charge in [-0.1, -0.05) is 36.4 Å². The van der Waals surface area contributed by atoms with Gasteiger partial charge in [0, 0.05) is 6.54 Å². The summed E-state index contributed by atoms with van der Waals surface area (Å²) in [6, 6.07) is 15.5. The number of hydrogen-bond acceptors (Lipinski definition) is 3. The van der Waals surface area contributed by atoms with Crippen LogP contribution in [-0.2, 0) is 11.3 Å². The van der Waals surface area contributed by atoms with Gasteiger partial charge in [0.15, 0.2) is 0 Å². The highest BCUT2D eigenvalue weighted by Gasteiger charge is 2.06. The first-order valence-corrected chi connectivity index (χ1v) is 6.31. The van der Waals surface area contributed by atoms with E-state index in [1.54, 1.807) is 19.1 Å². The van der Waals surface area contributed by atoms with E-state index in [-0.39, 0.29) is 5.97 Å². The molecular formula is C16H17NO2. The van der Waals surface area contributed by atoms with Gasteiger partial charge in [-0.05, 0) is 35.7 Å². The number of esters is 1. The van der Waals surface area contributed by atoms with Crippen molar-refractivity contribution in [3.8, 4) is 11.1 Å². The molecule has 2 aromatic carbocycles. The van der Waals surface area contributed by atoms with Crippen LogP contribution >= 0.6 is 0 Å². The van der Waals surface area contributed by atoms with Crippen molar-refractivity contribution in [2.75, 3.05) is 6.61 Å². The number of rotatable bonds is 4. The van der Waals surface area contributed by atoms with Crippen LogP contribution in [-0.4, -0.2) is 12.6 Å². The van der Waals surface area contributed by atoms with Crippen LogP contribution in [0, 0.1) is 0 Å². The lowest BCUT2D eigenvalue weighted by Crippen LogP contribution is -2.04. The van der Waals surface area contributed by atoms with Crippen molar-refractivity contribution in [3.05, 3.63) is 59.7 Å². The molecule has 0 saturated heterocycles. The minimum Gasteiger partial charge on any atom is -0.462 e. The smallest absolute Gasteiger partial charge is 0.338 e. The van der Waals surface area contributed by atoms with Crippen molar-refractivity contribution in [2.24, 2.45) is 5.73 Å². The normalized spacial score (nSPS) is 10.2. The summed E-state index contributed by atoms with van der Waals surface area (Å²) in [5, 5.41) is 0. The third-order valence-electron chi connectivity index (χ3n) is 2.92. The van der Waals surface area contributed by atoms with Crippen LogP contribution in [0.2, 0.25) is 0 Å². The van der Waals surface area contributed by atoms with E-state index in [0.29, 0.717) is 18.7 Å². The average Bonchev–Trinajstić information content (AvgIpc) is 2.48. The van der Waals surface area contributed by atoms with Gasteiger partial charge in [0.25, 0.3) is 0 Å². The molecule has 0 bridgehead atoms. The molecule has 2 rings (SSSR count). The zero-order valence-corrected chi connectivity index (χ0v) is 10.9. The van der Waals surface area contributed by atoms with Crippen molar-refractivity contribution < 1.29 is 9.53 Å². The molecule has 0 fully saturated rings. The lowest BCUT2D eigenvalue weighted by atomic mass is 10.0. The summed E-state index contributed by atoms with van der Waals surface area (Å²) in [4.78, 5) is 11.5. The quantitative estimate of drug-likeness (QED) is 0.854. The maximum atomic E-state index is 11.5. The maximum absolute atomic E-state index is 11.5. The molecule has 0 spiro atoms. The molecule has 0 saturated carbocycles. The SMILES string of the molecule is CCOC(=O)c1ccc(-c2ccc(CN)cc2)cc1. The van der Waals surface area contributed by atoms with Crippen LogP contribution in [0.3, 0.4) is 0 Å². The fraction of sp³-hybridized carbons (Fsp3) is 0.188. The molecule has 2 aromatic rings. The standard InChI is InChI=1S/C16H17NO2/c1-2-19-16(18)15-9-7-14(8-10-15)13-5-3-12(11-17)4-6-13/h3-10H,2,11,17H2,1H3. The van der Waals surface area contributed by atoms with Gasteiger partial charge in [0.05, 0.1) is 12.2 Å². The lowest BCUT2D eigenvalue weighted by Gasteiger charge is -2.05. The summed E-state index contributed by atoms with van der Waals surface area (Å²) in [6.07, 6.45) is 0. The van der Waals surface area contributed by atoms with E-state index in [1.165, 1.54) is 0 Å². The number of hydrogen-bond donors (Lipinski definition) is 1. The molecule has 98 valence electrons. The fourth-order valence-corrected chi connectivity index (χ4v) is 1.85. The highest BCUT2D eigenvalue weighted by molar-refractivity contribution is 5.90. The van der Waals surface area contributed by atoms with Gasteiger partial charge in [-0.3, -0.25) is 0 Å². The van der Waals surface area contributed by atoms with Gasteiger partial charge in [-0.15, -0.1) is 0 Å².